The Kier molecular flexibility index (Phi) is 6.27. The van der Waals surface area contributed by atoms with Gasteiger partial charge in [-0.15, -0.1) is 0 Å². The molecule has 32 heavy (non-hydrogen) atoms. The summed E-state index contributed by atoms with van der Waals surface area (Å²) >= 11 is 0. The zero-order valence-corrected chi connectivity index (χ0v) is 17.6. The van der Waals surface area contributed by atoms with E-state index in [4.69, 9.17) is 0 Å². The van der Waals surface area contributed by atoms with Crippen molar-refractivity contribution in [2.75, 3.05) is 0 Å². The van der Waals surface area contributed by atoms with Gasteiger partial charge in [-0.25, -0.2) is 0 Å². The van der Waals surface area contributed by atoms with Gasteiger partial charge in [0.05, 0.1) is 5.56 Å². The Balaban J connectivity index is 1.44. The van der Waals surface area contributed by atoms with Crippen LogP contribution in [0.5, 0.6) is 0 Å². The lowest BCUT2D eigenvalue weighted by Gasteiger charge is -2.25. The third-order valence-corrected chi connectivity index (χ3v) is 5.78. The number of hydrogen-bond acceptors (Lipinski definition) is 4. The number of amides is 1. The first-order valence-electron chi connectivity index (χ1n) is 10.4. The number of hydrogen-bond donors (Lipinski definition) is 2. The maximum Gasteiger partial charge on any atom is 0.416 e. The van der Waals surface area contributed by atoms with Crippen molar-refractivity contribution in [3.63, 3.8) is 0 Å². The summed E-state index contributed by atoms with van der Waals surface area (Å²) < 4.78 is 41.5. The first-order valence-corrected chi connectivity index (χ1v) is 10.4. The standard InChI is InChI=1S/C23H24F3N5O/c1-31-20-7-6-17(28-14-16-4-2-3-5-19(16)23(24,25)26)12-18(20)21(30-31)22(32)29-13-15-8-10-27-11-9-15/h2-5,8-11,17,28H,6-7,12-14H2,1H3,(H,29,32). The Bertz CT molecular complexity index is 1090. The van der Waals surface area contributed by atoms with Crippen LogP contribution in [0, 0.1) is 0 Å². The molecule has 0 radical (unpaired) electrons. The zero-order valence-electron chi connectivity index (χ0n) is 17.6. The molecule has 0 spiro atoms. The third-order valence-electron chi connectivity index (χ3n) is 5.78. The number of pyridine rings is 1. The van der Waals surface area contributed by atoms with Gasteiger partial charge in [0.2, 0.25) is 0 Å². The molecular weight excluding hydrogens is 419 g/mol. The van der Waals surface area contributed by atoms with E-state index in [2.05, 4.69) is 20.7 Å². The number of carbonyl (C=O) groups excluding carboxylic acids is 1. The van der Waals surface area contributed by atoms with Crippen LogP contribution in [0.25, 0.3) is 0 Å². The lowest BCUT2D eigenvalue weighted by atomic mass is 9.91. The molecule has 0 saturated carbocycles. The molecule has 1 aliphatic carbocycles. The summed E-state index contributed by atoms with van der Waals surface area (Å²) in [4.78, 5) is 16.8. The smallest absolute Gasteiger partial charge is 0.347 e. The van der Waals surface area contributed by atoms with E-state index in [1.54, 1.807) is 23.1 Å². The van der Waals surface area contributed by atoms with E-state index in [-0.39, 0.29) is 24.1 Å². The van der Waals surface area contributed by atoms with E-state index in [9.17, 15) is 18.0 Å². The fraction of sp³-hybridized carbons (Fsp3) is 0.348. The highest BCUT2D eigenvalue weighted by molar-refractivity contribution is 5.94. The highest BCUT2D eigenvalue weighted by atomic mass is 19.4. The van der Waals surface area contributed by atoms with Gasteiger partial charge >= 0.3 is 6.18 Å². The number of halogens is 3. The Labute approximate surface area is 183 Å². The molecule has 1 aromatic carbocycles. The minimum absolute atomic E-state index is 0.0419. The molecule has 0 bridgehead atoms. The number of fused-ring (bicyclic) bond motifs is 1. The van der Waals surface area contributed by atoms with E-state index in [1.807, 2.05) is 19.2 Å². The van der Waals surface area contributed by atoms with E-state index >= 15 is 0 Å². The summed E-state index contributed by atoms with van der Waals surface area (Å²) in [5.41, 5.74) is 2.74. The minimum Gasteiger partial charge on any atom is -0.347 e. The third kappa shape index (κ3) is 4.83. The summed E-state index contributed by atoms with van der Waals surface area (Å²) in [6, 6.07) is 9.21. The average Bonchev–Trinajstić information content (AvgIpc) is 3.12. The van der Waals surface area contributed by atoms with Crippen molar-refractivity contribution in [1.29, 1.82) is 0 Å². The van der Waals surface area contributed by atoms with E-state index in [0.29, 0.717) is 25.1 Å². The van der Waals surface area contributed by atoms with Crippen molar-refractivity contribution >= 4 is 5.91 Å². The predicted octanol–water partition coefficient (Wildman–Crippen LogP) is 3.41. The monoisotopic (exact) mass is 443 g/mol. The van der Waals surface area contributed by atoms with Gasteiger partial charge < -0.3 is 10.6 Å². The molecule has 2 heterocycles. The normalized spacial score (nSPS) is 15.9. The summed E-state index contributed by atoms with van der Waals surface area (Å²) in [5, 5.41) is 10.6. The van der Waals surface area contributed by atoms with E-state index in [1.165, 1.54) is 12.1 Å². The summed E-state index contributed by atoms with van der Waals surface area (Å²) in [6.07, 6.45) is 0.944. The summed E-state index contributed by atoms with van der Waals surface area (Å²) in [6.45, 7) is 0.474. The molecule has 2 N–H and O–H groups in total. The SMILES string of the molecule is Cn1nc(C(=O)NCc2ccncc2)c2c1CCC(NCc1ccccc1C(F)(F)F)C2. The number of rotatable bonds is 6. The molecule has 3 aromatic rings. The van der Waals surface area contributed by atoms with Crippen LogP contribution >= 0.6 is 0 Å². The molecule has 6 nitrogen and oxygen atoms in total. The van der Waals surface area contributed by atoms with Crippen molar-refractivity contribution in [3.05, 3.63) is 82.4 Å². The topological polar surface area (TPSA) is 71.8 Å². The van der Waals surface area contributed by atoms with Crippen LogP contribution in [0.4, 0.5) is 13.2 Å². The predicted molar refractivity (Wildman–Crippen MR) is 113 cm³/mol. The van der Waals surface area contributed by atoms with E-state index < -0.39 is 11.7 Å². The molecule has 168 valence electrons. The number of aryl methyl sites for hydroxylation is 1. The van der Waals surface area contributed by atoms with Gasteiger partial charge in [0, 0.05) is 49.8 Å². The van der Waals surface area contributed by atoms with Crippen molar-refractivity contribution in [1.82, 2.24) is 25.4 Å². The lowest BCUT2D eigenvalue weighted by Crippen LogP contribution is -2.35. The van der Waals surface area contributed by atoms with Crippen LogP contribution in [-0.4, -0.2) is 26.7 Å². The number of aromatic nitrogens is 3. The van der Waals surface area contributed by atoms with Crippen LogP contribution in [-0.2, 0) is 39.2 Å². The van der Waals surface area contributed by atoms with Crippen molar-refractivity contribution in [2.24, 2.45) is 7.05 Å². The second-order valence-electron chi connectivity index (χ2n) is 7.91. The van der Waals surface area contributed by atoms with Crippen LogP contribution < -0.4 is 10.6 Å². The van der Waals surface area contributed by atoms with E-state index in [0.717, 1.165) is 29.3 Å². The first kappa shape index (κ1) is 22.0. The molecule has 1 atom stereocenters. The summed E-state index contributed by atoms with van der Waals surface area (Å²) in [7, 11) is 1.81. The van der Waals surface area contributed by atoms with Crippen molar-refractivity contribution in [2.45, 2.75) is 44.6 Å². The van der Waals surface area contributed by atoms with Crippen LogP contribution in [0.2, 0.25) is 0 Å². The Morgan fingerprint density at radius 3 is 2.66 bits per heavy atom. The maximum absolute atomic E-state index is 13.3. The first-order chi connectivity index (χ1) is 15.3. The molecule has 0 aliphatic heterocycles. The van der Waals surface area contributed by atoms with Gasteiger partial charge in [-0.1, -0.05) is 18.2 Å². The van der Waals surface area contributed by atoms with Crippen molar-refractivity contribution < 1.29 is 18.0 Å². The second-order valence-corrected chi connectivity index (χ2v) is 7.91. The number of nitrogens with one attached hydrogen (secondary N) is 2. The molecular formula is C23H24F3N5O. The number of benzene rings is 1. The maximum atomic E-state index is 13.3. The molecule has 9 heteroatoms. The molecule has 1 unspecified atom stereocenters. The largest absolute Gasteiger partial charge is 0.416 e. The zero-order chi connectivity index (χ0) is 22.7. The summed E-state index contributed by atoms with van der Waals surface area (Å²) in [5.74, 6) is -0.262. The molecule has 1 aliphatic rings. The molecule has 0 saturated heterocycles. The highest BCUT2D eigenvalue weighted by Gasteiger charge is 2.33. The second kappa shape index (κ2) is 9.12. The lowest BCUT2D eigenvalue weighted by molar-refractivity contribution is -0.138. The Morgan fingerprint density at radius 2 is 1.91 bits per heavy atom. The van der Waals surface area contributed by atoms with Gasteiger partial charge in [0.25, 0.3) is 5.91 Å². The quantitative estimate of drug-likeness (QED) is 0.613. The highest BCUT2D eigenvalue weighted by Crippen LogP contribution is 2.32. The Hall–Kier alpha value is -3.20. The van der Waals surface area contributed by atoms with Crippen LogP contribution in [0.15, 0.2) is 48.8 Å². The number of nitrogens with zero attached hydrogens (tertiary/aromatic N) is 3. The Morgan fingerprint density at radius 1 is 1.16 bits per heavy atom. The minimum atomic E-state index is -4.39. The van der Waals surface area contributed by atoms with Gasteiger partial charge in [0.15, 0.2) is 5.69 Å². The fourth-order valence-electron chi connectivity index (χ4n) is 4.12. The van der Waals surface area contributed by atoms with Crippen LogP contribution in [0.3, 0.4) is 0 Å². The van der Waals surface area contributed by atoms with Crippen molar-refractivity contribution in [3.8, 4) is 0 Å². The average molecular weight is 443 g/mol. The van der Waals surface area contributed by atoms with Gasteiger partial charge in [0.1, 0.15) is 0 Å². The number of carbonyl (C=O) groups is 1. The molecule has 1 amide bonds. The number of alkyl halides is 3. The molecule has 0 fully saturated rings. The van der Waals surface area contributed by atoms with Gasteiger partial charge in [-0.3, -0.25) is 14.5 Å². The molecule has 2 aromatic heterocycles. The van der Waals surface area contributed by atoms with Gasteiger partial charge in [-0.2, -0.15) is 18.3 Å². The van der Waals surface area contributed by atoms with Crippen LogP contribution in [0.1, 0.15) is 44.9 Å². The molecule has 4 rings (SSSR count). The fourth-order valence-corrected chi connectivity index (χ4v) is 4.12. The van der Waals surface area contributed by atoms with Gasteiger partial charge in [-0.05, 0) is 48.6 Å².